The predicted molar refractivity (Wildman–Crippen MR) is 132 cm³/mol. The van der Waals surface area contributed by atoms with Gasteiger partial charge in [-0.3, -0.25) is 9.59 Å². The molecule has 0 fully saturated rings. The van der Waals surface area contributed by atoms with E-state index in [0.29, 0.717) is 35.4 Å². The summed E-state index contributed by atoms with van der Waals surface area (Å²) < 4.78 is 0. The van der Waals surface area contributed by atoms with Gasteiger partial charge in [0, 0.05) is 17.8 Å². The van der Waals surface area contributed by atoms with E-state index in [1.165, 1.54) is 0 Å². The van der Waals surface area contributed by atoms with Gasteiger partial charge in [-0.1, -0.05) is 19.8 Å². The minimum absolute atomic E-state index is 0.191. The number of hydrogen-bond donors (Lipinski definition) is 3. The first-order valence-electron chi connectivity index (χ1n) is 10.9. The number of hydrogen-bond acceptors (Lipinski definition) is 5. The molecular weight excluding hydrogens is 432 g/mol. The number of nitrogens with one attached hydrogen (secondary N) is 2. The Morgan fingerprint density at radius 2 is 1.88 bits per heavy atom. The van der Waals surface area contributed by atoms with E-state index in [1.54, 1.807) is 45.0 Å². The zero-order valence-electron chi connectivity index (χ0n) is 19.7. The molecule has 0 spiro atoms. The summed E-state index contributed by atoms with van der Waals surface area (Å²) in [6.07, 6.45) is 5.60. The van der Waals surface area contributed by atoms with Gasteiger partial charge in [-0.05, 0) is 67.3 Å². The van der Waals surface area contributed by atoms with Crippen molar-refractivity contribution in [3.05, 3.63) is 69.3 Å². The monoisotopic (exact) mass is 460 g/mol. The molecule has 1 aromatic heterocycles. The van der Waals surface area contributed by atoms with Gasteiger partial charge in [0.1, 0.15) is 11.9 Å². The SMILES string of the molecule is C#CCN(Cc1cc2c(=O)[nH]c(C)nc2cc1C)c1ccc(C(=O)N[C@H](C(=O)O)C(C)C)cc1. The molecule has 2 aromatic carbocycles. The van der Waals surface area contributed by atoms with Gasteiger partial charge in [-0.15, -0.1) is 6.42 Å². The third kappa shape index (κ3) is 5.44. The van der Waals surface area contributed by atoms with Gasteiger partial charge in [0.25, 0.3) is 11.5 Å². The number of aliphatic carboxylic acids is 1. The van der Waals surface area contributed by atoms with Crippen LogP contribution >= 0.6 is 0 Å². The number of carboxylic acid groups (broad SMARTS) is 1. The van der Waals surface area contributed by atoms with Crippen LogP contribution in [0.2, 0.25) is 0 Å². The van der Waals surface area contributed by atoms with Crippen molar-refractivity contribution in [1.82, 2.24) is 15.3 Å². The molecule has 1 atom stereocenters. The molecule has 0 aliphatic rings. The number of carbonyl (C=O) groups is 2. The molecule has 0 radical (unpaired) electrons. The number of anilines is 1. The molecule has 0 saturated heterocycles. The molecule has 0 bridgehead atoms. The highest BCUT2D eigenvalue weighted by atomic mass is 16.4. The summed E-state index contributed by atoms with van der Waals surface area (Å²) in [4.78, 5) is 45.4. The maximum atomic E-state index is 12.5. The van der Waals surface area contributed by atoms with Crippen molar-refractivity contribution >= 4 is 28.5 Å². The van der Waals surface area contributed by atoms with Crippen LogP contribution in [0.25, 0.3) is 10.9 Å². The number of terminal acetylenes is 1. The summed E-state index contributed by atoms with van der Waals surface area (Å²) in [5, 5.41) is 12.4. The van der Waals surface area contributed by atoms with E-state index in [4.69, 9.17) is 6.42 Å². The molecule has 34 heavy (non-hydrogen) atoms. The summed E-state index contributed by atoms with van der Waals surface area (Å²) in [7, 11) is 0. The molecule has 8 heteroatoms. The Kier molecular flexibility index (Phi) is 7.37. The van der Waals surface area contributed by atoms with Gasteiger partial charge < -0.3 is 20.3 Å². The molecule has 0 aliphatic heterocycles. The number of H-pyrrole nitrogens is 1. The van der Waals surface area contributed by atoms with Crippen LogP contribution in [0, 0.1) is 32.1 Å². The highest BCUT2D eigenvalue weighted by Crippen LogP contribution is 2.22. The van der Waals surface area contributed by atoms with Crippen LogP contribution in [-0.2, 0) is 11.3 Å². The van der Waals surface area contributed by atoms with E-state index in [1.807, 2.05) is 24.0 Å². The number of nitrogens with zero attached hydrogens (tertiary/aromatic N) is 2. The topological polar surface area (TPSA) is 115 Å². The summed E-state index contributed by atoms with van der Waals surface area (Å²) >= 11 is 0. The maximum Gasteiger partial charge on any atom is 0.326 e. The number of carbonyl (C=O) groups excluding carboxylic acids is 1. The Labute approximate surface area is 198 Å². The van der Waals surface area contributed by atoms with Crippen molar-refractivity contribution in [2.45, 2.75) is 40.3 Å². The van der Waals surface area contributed by atoms with Crippen LogP contribution in [0.1, 0.15) is 41.2 Å². The Morgan fingerprint density at radius 3 is 2.47 bits per heavy atom. The number of amides is 1. The van der Waals surface area contributed by atoms with E-state index in [9.17, 15) is 19.5 Å². The molecule has 0 aliphatic carbocycles. The lowest BCUT2D eigenvalue weighted by atomic mass is 10.0. The number of aryl methyl sites for hydroxylation is 2. The first-order chi connectivity index (χ1) is 16.1. The summed E-state index contributed by atoms with van der Waals surface area (Å²) in [5.74, 6) is 1.44. The van der Waals surface area contributed by atoms with E-state index in [-0.39, 0.29) is 11.5 Å². The zero-order chi connectivity index (χ0) is 25.0. The van der Waals surface area contributed by atoms with Crippen molar-refractivity contribution in [2.75, 3.05) is 11.4 Å². The van der Waals surface area contributed by atoms with Crippen LogP contribution in [0.5, 0.6) is 0 Å². The molecule has 0 unspecified atom stereocenters. The van der Waals surface area contributed by atoms with Crippen LogP contribution in [0.3, 0.4) is 0 Å². The average molecular weight is 461 g/mol. The van der Waals surface area contributed by atoms with E-state index in [2.05, 4.69) is 21.2 Å². The molecule has 0 saturated carbocycles. The van der Waals surface area contributed by atoms with Gasteiger partial charge in [0.2, 0.25) is 0 Å². The average Bonchev–Trinajstić information content (AvgIpc) is 2.77. The van der Waals surface area contributed by atoms with Crippen molar-refractivity contribution in [3.8, 4) is 12.3 Å². The number of carboxylic acids is 1. The number of aromatic nitrogens is 2. The van der Waals surface area contributed by atoms with Gasteiger partial charge in [0.05, 0.1) is 17.4 Å². The first kappa shape index (κ1) is 24.5. The highest BCUT2D eigenvalue weighted by molar-refractivity contribution is 5.97. The van der Waals surface area contributed by atoms with Gasteiger partial charge >= 0.3 is 5.97 Å². The fourth-order valence-electron chi connectivity index (χ4n) is 3.74. The lowest BCUT2D eigenvalue weighted by molar-refractivity contribution is -0.140. The van der Waals surface area contributed by atoms with E-state index >= 15 is 0 Å². The van der Waals surface area contributed by atoms with E-state index < -0.39 is 17.9 Å². The van der Waals surface area contributed by atoms with Crippen LogP contribution in [-0.4, -0.2) is 39.5 Å². The second kappa shape index (κ2) is 10.2. The Balaban J connectivity index is 1.85. The van der Waals surface area contributed by atoms with Crippen molar-refractivity contribution in [1.29, 1.82) is 0 Å². The molecule has 8 nitrogen and oxygen atoms in total. The molecular formula is C26H28N4O4. The van der Waals surface area contributed by atoms with Crippen LogP contribution in [0.15, 0.2) is 41.2 Å². The van der Waals surface area contributed by atoms with Gasteiger partial charge in [-0.25, -0.2) is 9.78 Å². The highest BCUT2D eigenvalue weighted by Gasteiger charge is 2.24. The summed E-state index contributed by atoms with van der Waals surface area (Å²) in [6, 6.07) is 9.57. The lowest BCUT2D eigenvalue weighted by Gasteiger charge is -2.24. The zero-order valence-corrected chi connectivity index (χ0v) is 19.7. The largest absolute Gasteiger partial charge is 0.480 e. The minimum Gasteiger partial charge on any atom is -0.480 e. The fraction of sp³-hybridized carbons (Fsp3) is 0.308. The third-order valence-electron chi connectivity index (χ3n) is 5.64. The van der Waals surface area contributed by atoms with Crippen LogP contribution in [0.4, 0.5) is 5.69 Å². The second-order valence-corrected chi connectivity index (χ2v) is 8.59. The summed E-state index contributed by atoms with van der Waals surface area (Å²) in [5.41, 5.74) is 3.51. The van der Waals surface area contributed by atoms with Crippen molar-refractivity contribution < 1.29 is 14.7 Å². The predicted octanol–water partition coefficient (Wildman–Crippen LogP) is 3.02. The summed E-state index contributed by atoms with van der Waals surface area (Å²) in [6.45, 7) is 7.95. The Hall–Kier alpha value is -4.12. The molecule has 176 valence electrons. The fourth-order valence-corrected chi connectivity index (χ4v) is 3.74. The third-order valence-corrected chi connectivity index (χ3v) is 5.64. The van der Waals surface area contributed by atoms with Crippen molar-refractivity contribution in [3.63, 3.8) is 0 Å². The Morgan fingerprint density at radius 1 is 1.21 bits per heavy atom. The molecule has 1 amide bonds. The molecule has 3 aromatic rings. The first-order valence-corrected chi connectivity index (χ1v) is 10.9. The smallest absolute Gasteiger partial charge is 0.326 e. The number of aromatic amines is 1. The maximum absolute atomic E-state index is 12.5. The Bertz CT molecular complexity index is 1320. The van der Waals surface area contributed by atoms with E-state index in [0.717, 1.165) is 16.8 Å². The standard InChI is InChI=1S/C26H28N4O4/c1-6-11-30(14-19-13-21-22(12-16(19)4)27-17(5)28-25(21)32)20-9-7-18(8-10-20)24(31)29-23(15(2)3)26(33)34/h1,7-10,12-13,15,23H,11,14H2,2-5H3,(H,29,31)(H,33,34)(H,27,28,32)/t23-/m0/s1. The number of rotatable bonds is 8. The normalized spacial score (nSPS) is 11.8. The number of fused-ring (bicyclic) bond motifs is 1. The van der Waals surface area contributed by atoms with Crippen molar-refractivity contribution in [2.24, 2.45) is 5.92 Å². The second-order valence-electron chi connectivity index (χ2n) is 8.59. The lowest BCUT2D eigenvalue weighted by Crippen LogP contribution is -2.44. The molecule has 1 heterocycles. The van der Waals surface area contributed by atoms with Crippen LogP contribution < -0.4 is 15.8 Å². The number of benzene rings is 2. The quantitative estimate of drug-likeness (QED) is 0.445. The minimum atomic E-state index is -1.07. The molecule has 3 rings (SSSR count). The van der Waals surface area contributed by atoms with Gasteiger partial charge in [-0.2, -0.15) is 0 Å². The molecule has 3 N–H and O–H groups in total. The van der Waals surface area contributed by atoms with Gasteiger partial charge in [0.15, 0.2) is 0 Å².